The predicted octanol–water partition coefficient (Wildman–Crippen LogP) is 3.20. The van der Waals surface area contributed by atoms with Gasteiger partial charge in [-0.1, -0.05) is 6.07 Å². The topological polar surface area (TPSA) is 74.7 Å². The summed E-state index contributed by atoms with van der Waals surface area (Å²) in [4.78, 5) is 11.1. The van der Waals surface area contributed by atoms with Gasteiger partial charge in [-0.25, -0.2) is 13.2 Å². The van der Waals surface area contributed by atoms with Crippen LogP contribution in [0.5, 0.6) is 0 Å². The summed E-state index contributed by atoms with van der Waals surface area (Å²) in [6, 6.07) is 6.93. The number of aromatic carboxylic acids is 1. The summed E-state index contributed by atoms with van der Waals surface area (Å²) in [5, 5.41) is 9.08. The van der Waals surface area contributed by atoms with Crippen LogP contribution in [0.3, 0.4) is 0 Å². The van der Waals surface area contributed by atoms with E-state index in [0.29, 0.717) is 11.3 Å². The Morgan fingerprint density at radius 2 is 1.64 bits per heavy atom. The highest BCUT2D eigenvalue weighted by Gasteiger charge is 2.26. The van der Waals surface area contributed by atoms with Gasteiger partial charge in [0.15, 0.2) is 0 Å². The zero-order valence-electron chi connectivity index (χ0n) is 12.7. The highest BCUT2D eigenvalue weighted by atomic mass is 32.2. The van der Waals surface area contributed by atoms with Crippen LogP contribution in [0.4, 0.5) is 5.69 Å². The van der Waals surface area contributed by atoms with Gasteiger partial charge in [-0.05, 0) is 55.7 Å². The number of benzene rings is 1. The van der Waals surface area contributed by atoms with E-state index < -0.39 is 16.0 Å². The fourth-order valence-electron chi connectivity index (χ4n) is 2.20. The standard InChI is InChI=1S/C15H17NO4S2/c1-9-5-10(2)7-12(6-9)16(4)22(19,20)13-8-11(3)14(21-13)15(17)18/h5-8H,1-4H3,(H,17,18). The summed E-state index contributed by atoms with van der Waals surface area (Å²) in [5.74, 6) is -1.11. The van der Waals surface area contributed by atoms with E-state index >= 15 is 0 Å². The SMILES string of the molecule is Cc1cc(C)cc(N(C)S(=O)(=O)c2cc(C)c(C(=O)O)s2)c1. The van der Waals surface area contributed by atoms with Gasteiger partial charge in [0.05, 0.1) is 5.69 Å². The van der Waals surface area contributed by atoms with Gasteiger partial charge in [0.2, 0.25) is 0 Å². The monoisotopic (exact) mass is 339 g/mol. The van der Waals surface area contributed by atoms with Crippen molar-refractivity contribution in [3.05, 3.63) is 45.8 Å². The quantitative estimate of drug-likeness (QED) is 0.928. The minimum absolute atomic E-state index is 0.0315. The van der Waals surface area contributed by atoms with Gasteiger partial charge in [-0.2, -0.15) is 0 Å². The van der Waals surface area contributed by atoms with E-state index in [1.807, 2.05) is 19.9 Å². The lowest BCUT2D eigenvalue weighted by molar-refractivity contribution is 0.0701. The molecule has 0 spiro atoms. The number of hydrogen-bond donors (Lipinski definition) is 1. The summed E-state index contributed by atoms with van der Waals surface area (Å²) in [6.45, 7) is 5.39. The van der Waals surface area contributed by atoms with Crippen molar-refractivity contribution in [3.63, 3.8) is 0 Å². The molecule has 0 aliphatic carbocycles. The molecule has 0 saturated carbocycles. The van der Waals surface area contributed by atoms with Crippen molar-refractivity contribution in [3.8, 4) is 0 Å². The van der Waals surface area contributed by atoms with Gasteiger partial charge in [0, 0.05) is 7.05 Å². The molecule has 0 bridgehead atoms. The van der Waals surface area contributed by atoms with E-state index in [2.05, 4.69) is 0 Å². The Balaban J connectivity index is 2.49. The lowest BCUT2D eigenvalue weighted by Gasteiger charge is -2.19. The van der Waals surface area contributed by atoms with Crippen molar-refractivity contribution in [2.75, 3.05) is 11.4 Å². The smallest absolute Gasteiger partial charge is 0.346 e. The molecule has 0 aliphatic rings. The third-order valence-corrected chi connectivity index (χ3v) is 6.73. The lowest BCUT2D eigenvalue weighted by atomic mass is 10.1. The molecular weight excluding hydrogens is 322 g/mol. The van der Waals surface area contributed by atoms with E-state index in [-0.39, 0.29) is 9.09 Å². The third-order valence-electron chi connectivity index (χ3n) is 3.27. The molecule has 22 heavy (non-hydrogen) atoms. The molecule has 0 unspecified atom stereocenters. The van der Waals surface area contributed by atoms with Gasteiger partial charge >= 0.3 is 5.97 Å². The number of carbonyl (C=O) groups is 1. The summed E-state index contributed by atoms with van der Waals surface area (Å²) in [5.41, 5.74) is 2.93. The maximum absolute atomic E-state index is 12.7. The second kappa shape index (κ2) is 5.73. The number of nitrogens with zero attached hydrogens (tertiary/aromatic N) is 1. The number of rotatable bonds is 4. The minimum atomic E-state index is -3.77. The second-order valence-electron chi connectivity index (χ2n) is 5.20. The van der Waals surface area contributed by atoms with Crippen molar-refractivity contribution >= 4 is 33.0 Å². The Morgan fingerprint density at radius 3 is 2.09 bits per heavy atom. The van der Waals surface area contributed by atoms with Gasteiger partial charge in [-0.15, -0.1) is 11.3 Å². The molecule has 5 nitrogen and oxygen atoms in total. The number of sulfonamides is 1. The summed E-state index contributed by atoms with van der Waals surface area (Å²) in [6.07, 6.45) is 0. The van der Waals surface area contributed by atoms with E-state index in [1.165, 1.54) is 17.4 Å². The first kappa shape index (κ1) is 16.5. The average molecular weight is 339 g/mol. The van der Waals surface area contributed by atoms with Crippen LogP contribution in [-0.4, -0.2) is 26.5 Å². The molecule has 7 heteroatoms. The van der Waals surface area contributed by atoms with Crippen molar-refractivity contribution in [1.82, 2.24) is 0 Å². The Hall–Kier alpha value is -1.86. The van der Waals surface area contributed by atoms with Gasteiger partial charge < -0.3 is 5.11 Å². The molecule has 0 atom stereocenters. The summed E-state index contributed by atoms with van der Waals surface area (Å²) >= 11 is 0.777. The van der Waals surface area contributed by atoms with Crippen LogP contribution in [0.1, 0.15) is 26.4 Å². The Kier molecular flexibility index (Phi) is 4.30. The highest BCUT2D eigenvalue weighted by molar-refractivity contribution is 7.94. The number of carboxylic acids is 1. The first-order valence-corrected chi connectivity index (χ1v) is 8.79. The third kappa shape index (κ3) is 3.00. The van der Waals surface area contributed by atoms with Crippen LogP contribution in [-0.2, 0) is 10.0 Å². The molecule has 1 aromatic carbocycles. The molecule has 0 radical (unpaired) electrons. The first-order chi connectivity index (χ1) is 10.1. The van der Waals surface area contributed by atoms with Crippen LogP contribution >= 0.6 is 11.3 Å². The summed E-state index contributed by atoms with van der Waals surface area (Å²) in [7, 11) is -2.30. The molecule has 1 heterocycles. The van der Waals surface area contributed by atoms with Crippen LogP contribution in [0, 0.1) is 20.8 Å². The van der Waals surface area contributed by atoms with Gasteiger partial charge in [-0.3, -0.25) is 4.31 Å². The molecule has 118 valence electrons. The molecule has 2 aromatic rings. The van der Waals surface area contributed by atoms with Crippen molar-refractivity contribution in [1.29, 1.82) is 0 Å². The molecule has 0 fully saturated rings. The number of anilines is 1. The molecular formula is C15H17NO4S2. The predicted molar refractivity (Wildman–Crippen MR) is 87.5 cm³/mol. The van der Waals surface area contributed by atoms with Crippen LogP contribution < -0.4 is 4.31 Å². The molecule has 1 aromatic heterocycles. The van der Waals surface area contributed by atoms with Crippen LogP contribution in [0.2, 0.25) is 0 Å². The highest BCUT2D eigenvalue weighted by Crippen LogP contribution is 2.31. The lowest BCUT2D eigenvalue weighted by Crippen LogP contribution is -2.26. The maximum atomic E-state index is 12.7. The van der Waals surface area contributed by atoms with Crippen LogP contribution in [0.15, 0.2) is 28.5 Å². The molecule has 2 rings (SSSR count). The number of thiophene rings is 1. The van der Waals surface area contributed by atoms with Crippen molar-refractivity contribution in [2.24, 2.45) is 0 Å². The maximum Gasteiger partial charge on any atom is 0.346 e. The fraction of sp³-hybridized carbons (Fsp3) is 0.267. The number of hydrogen-bond acceptors (Lipinski definition) is 4. The molecule has 0 amide bonds. The number of carboxylic acid groups (broad SMARTS) is 1. The Morgan fingerprint density at radius 1 is 1.09 bits per heavy atom. The summed E-state index contributed by atoms with van der Waals surface area (Å²) < 4.78 is 26.6. The normalized spacial score (nSPS) is 11.5. The van der Waals surface area contributed by atoms with E-state index in [0.717, 1.165) is 22.5 Å². The average Bonchev–Trinajstić information content (AvgIpc) is 2.79. The van der Waals surface area contributed by atoms with Crippen molar-refractivity contribution < 1.29 is 18.3 Å². The molecule has 0 saturated heterocycles. The zero-order chi connectivity index (χ0) is 16.7. The molecule has 1 N–H and O–H groups in total. The largest absolute Gasteiger partial charge is 0.477 e. The zero-order valence-corrected chi connectivity index (χ0v) is 14.4. The fourth-order valence-corrected chi connectivity index (χ4v) is 4.93. The van der Waals surface area contributed by atoms with Crippen molar-refractivity contribution in [2.45, 2.75) is 25.0 Å². The first-order valence-electron chi connectivity index (χ1n) is 6.54. The molecule has 0 aliphatic heterocycles. The van der Waals surface area contributed by atoms with Gasteiger partial charge in [0.1, 0.15) is 9.09 Å². The number of aryl methyl sites for hydroxylation is 3. The minimum Gasteiger partial charge on any atom is -0.477 e. The second-order valence-corrected chi connectivity index (χ2v) is 8.45. The van der Waals surface area contributed by atoms with Crippen LogP contribution in [0.25, 0.3) is 0 Å². The van der Waals surface area contributed by atoms with Gasteiger partial charge in [0.25, 0.3) is 10.0 Å². The Labute approximate surface area is 133 Å². The van der Waals surface area contributed by atoms with E-state index in [4.69, 9.17) is 5.11 Å². The van der Waals surface area contributed by atoms with E-state index in [9.17, 15) is 13.2 Å². The van der Waals surface area contributed by atoms with E-state index in [1.54, 1.807) is 19.1 Å². The Bertz CT molecular complexity index is 817.